The van der Waals surface area contributed by atoms with Crippen LogP contribution in [0.3, 0.4) is 0 Å². The molecule has 0 saturated carbocycles. The molecule has 106 valence electrons. The van der Waals surface area contributed by atoms with Gasteiger partial charge in [0, 0.05) is 24.5 Å². The van der Waals surface area contributed by atoms with Crippen molar-refractivity contribution in [2.45, 2.75) is 33.6 Å². The van der Waals surface area contributed by atoms with Crippen LogP contribution in [0.1, 0.15) is 37.9 Å². The van der Waals surface area contributed by atoms with E-state index in [0.717, 1.165) is 39.5 Å². The van der Waals surface area contributed by atoms with Crippen molar-refractivity contribution in [1.82, 2.24) is 15.0 Å². The van der Waals surface area contributed by atoms with Crippen molar-refractivity contribution in [3.63, 3.8) is 0 Å². The first-order valence-electron chi connectivity index (χ1n) is 6.76. The van der Waals surface area contributed by atoms with E-state index < -0.39 is 0 Å². The molecule has 0 bridgehead atoms. The average Bonchev–Trinajstić information content (AvgIpc) is 2.41. The molecule has 0 amide bonds. The zero-order valence-electron chi connectivity index (χ0n) is 12.2. The maximum atomic E-state index is 4.72. The first-order valence-corrected chi connectivity index (χ1v) is 7.56. The summed E-state index contributed by atoms with van der Waals surface area (Å²) in [5.41, 5.74) is 3.11. The second kappa shape index (κ2) is 6.31. The van der Waals surface area contributed by atoms with Crippen molar-refractivity contribution < 1.29 is 0 Å². The van der Waals surface area contributed by atoms with E-state index in [0.29, 0.717) is 5.92 Å². The Labute approximate surface area is 128 Å². The summed E-state index contributed by atoms with van der Waals surface area (Å²) in [7, 11) is 0. The Hall–Kier alpha value is -1.49. The molecule has 2 heterocycles. The zero-order chi connectivity index (χ0) is 14.7. The lowest BCUT2D eigenvalue weighted by Crippen LogP contribution is -2.07. The number of aromatic nitrogens is 3. The maximum Gasteiger partial charge on any atom is 0.162 e. The van der Waals surface area contributed by atoms with Crippen LogP contribution < -0.4 is 5.32 Å². The molecule has 0 aromatic carbocycles. The lowest BCUT2D eigenvalue weighted by atomic mass is 10.1. The molecule has 0 fully saturated rings. The summed E-state index contributed by atoms with van der Waals surface area (Å²) in [4.78, 5) is 13.5. The maximum absolute atomic E-state index is 4.72. The minimum absolute atomic E-state index is 0.325. The van der Waals surface area contributed by atoms with Gasteiger partial charge in [0.05, 0.1) is 10.2 Å². The fourth-order valence-electron chi connectivity index (χ4n) is 1.98. The first-order chi connectivity index (χ1) is 9.54. The Morgan fingerprint density at radius 1 is 1.30 bits per heavy atom. The number of halogens is 1. The molecular weight excluding hydrogens is 316 g/mol. The molecule has 0 aliphatic heterocycles. The highest BCUT2D eigenvalue weighted by atomic mass is 79.9. The fraction of sp³-hybridized carbons (Fsp3) is 0.400. The Bertz CT molecular complexity index is 611. The standard InChI is InChI=1S/C15H19BrN4/c1-5-18-15-12(16)13(9(2)3)19-14(20-15)11-6-7-17-8-10(11)4/h6-9H,5H2,1-4H3,(H,18,19,20). The van der Waals surface area contributed by atoms with E-state index in [-0.39, 0.29) is 0 Å². The predicted octanol–water partition coefficient (Wildman–Crippen LogP) is 4.16. The van der Waals surface area contributed by atoms with Gasteiger partial charge in [-0.15, -0.1) is 0 Å². The van der Waals surface area contributed by atoms with Crippen molar-refractivity contribution in [2.75, 3.05) is 11.9 Å². The van der Waals surface area contributed by atoms with E-state index in [4.69, 9.17) is 4.98 Å². The Balaban J connectivity index is 2.62. The highest BCUT2D eigenvalue weighted by molar-refractivity contribution is 9.10. The van der Waals surface area contributed by atoms with Gasteiger partial charge >= 0.3 is 0 Å². The van der Waals surface area contributed by atoms with Crippen LogP contribution in [0, 0.1) is 6.92 Å². The van der Waals surface area contributed by atoms with Crippen LogP contribution in [0.5, 0.6) is 0 Å². The van der Waals surface area contributed by atoms with Crippen molar-refractivity contribution in [1.29, 1.82) is 0 Å². The van der Waals surface area contributed by atoms with Crippen LogP contribution in [0.2, 0.25) is 0 Å². The van der Waals surface area contributed by atoms with Crippen LogP contribution >= 0.6 is 15.9 Å². The molecule has 0 aliphatic carbocycles. The van der Waals surface area contributed by atoms with Crippen molar-refractivity contribution in [3.05, 3.63) is 34.2 Å². The molecule has 2 aromatic heterocycles. The molecule has 2 rings (SSSR count). The van der Waals surface area contributed by atoms with E-state index in [1.807, 2.05) is 19.2 Å². The second-order valence-electron chi connectivity index (χ2n) is 4.97. The van der Waals surface area contributed by atoms with Gasteiger partial charge in [0.1, 0.15) is 5.82 Å². The molecule has 0 radical (unpaired) electrons. The highest BCUT2D eigenvalue weighted by Gasteiger charge is 2.16. The summed E-state index contributed by atoms with van der Waals surface area (Å²) in [6.45, 7) is 9.16. The predicted molar refractivity (Wildman–Crippen MR) is 86.0 cm³/mol. The summed E-state index contributed by atoms with van der Waals surface area (Å²) < 4.78 is 0.949. The number of nitrogens with one attached hydrogen (secondary N) is 1. The van der Waals surface area contributed by atoms with Crippen LogP contribution in [0.4, 0.5) is 5.82 Å². The van der Waals surface area contributed by atoms with E-state index in [9.17, 15) is 0 Å². The average molecular weight is 335 g/mol. The lowest BCUT2D eigenvalue weighted by Gasteiger charge is -2.15. The van der Waals surface area contributed by atoms with E-state index in [1.54, 1.807) is 6.20 Å². The number of anilines is 1. The van der Waals surface area contributed by atoms with Gasteiger partial charge in [-0.25, -0.2) is 9.97 Å². The van der Waals surface area contributed by atoms with Gasteiger partial charge in [0.25, 0.3) is 0 Å². The van der Waals surface area contributed by atoms with Crippen molar-refractivity contribution in [3.8, 4) is 11.4 Å². The monoisotopic (exact) mass is 334 g/mol. The Morgan fingerprint density at radius 3 is 2.65 bits per heavy atom. The molecule has 20 heavy (non-hydrogen) atoms. The van der Waals surface area contributed by atoms with Crippen LogP contribution in [-0.4, -0.2) is 21.5 Å². The Morgan fingerprint density at radius 2 is 2.05 bits per heavy atom. The molecule has 0 spiro atoms. The molecule has 0 aliphatic rings. The van der Waals surface area contributed by atoms with Crippen LogP contribution in [0.15, 0.2) is 22.9 Å². The third-order valence-corrected chi connectivity index (χ3v) is 3.81. The third-order valence-electron chi connectivity index (χ3n) is 3.03. The zero-order valence-corrected chi connectivity index (χ0v) is 13.8. The summed E-state index contributed by atoms with van der Waals surface area (Å²) in [6, 6.07) is 1.96. The third kappa shape index (κ3) is 2.98. The molecule has 2 aromatic rings. The van der Waals surface area contributed by atoms with Gasteiger partial charge in [-0.3, -0.25) is 4.98 Å². The minimum atomic E-state index is 0.325. The Kier molecular flexibility index (Phi) is 4.70. The number of hydrogen-bond acceptors (Lipinski definition) is 4. The molecule has 0 unspecified atom stereocenters. The number of pyridine rings is 1. The lowest BCUT2D eigenvalue weighted by molar-refractivity contribution is 0.809. The van der Waals surface area contributed by atoms with Crippen LogP contribution in [0.25, 0.3) is 11.4 Å². The van der Waals surface area contributed by atoms with Crippen molar-refractivity contribution in [2.24, 2.45) is 0 Å². The minimum Gasteiger partial charge on any atom is -0.369 e. The second-order valence-corrected chi connectivity index (χ2v) is 5.76. The molecule has 4 nitrogen and oxygen atoms in total. The van der Waals surface area contributed by atoms with Crippen molar-refractivity contribution >= 4 is 21.7 Å². The van der Waals surface area contributed by atoms with E-state index >= 15 is 0 Å². The normalized spacial score (nSPS) is 10.9. The van der Waals surface area contributed by atoms with Gasteiger partial charge in [-0.2, -0.15) is 0 Å². The van der Waals surface area contributed by atoms with Gasteiger partial charge in [-0.05, 0) is 47.3 Å². The molecular formula is C15H19BrN4. The van der Waals surface area contributed by atoms with Gasteiger partial charge in [0.2, 0.25) is 0 Å². The topological polar surface area (TPSA) is 50.7 Å². The smallest absolute Gasteiger partial charge is 0.162 e. The fourth-order valence-corrected chi connectivity index (χ4v) is 2.75. The number of hydrogen-bond donors (Lipinski definition) is 1. The number of nitrogens with zero attached hydrogens (tertiary/aromatic N) is 3. The molecule has 0 atom stereocenters. The summed E-state index contributed by atoms with van der Waals surface area (Å²) in [5, 5.41) is 3.29. The van der Waals surface area contributed by atoms with Gasteiger partial charge in [0.15, 0.2) is 5.82 Å². The summed E-state index contributed by atoms with van der Waals surface area (Å²) in [5.74, 6) is 1.91. The van der Waals surface area contributed by atoms with E-state index in [2.05, 4.69) is 52.0 Å². The SMILES string of the molecule is CCNc1nc(-c2ccncc2C)nc(C(C)C)c1Br. The van der Waals surface area contributed by atoms with Gasteiger partial charge in [-0.1, -0.05) is 13.8 Å². The van der Waals surface area contributed by atoms with Crippen LogP contribution in [-0.2, 0) is 0 Å². The molecule has 5 heteroatoms. The summed E-state index contributed by atoms with van der Waals surface area (Å²) >= 11 is 3.61. The highest BCUT2D eigenvalue weighted by Crippen LogP contribution is 2.31. The number of rotatable bonds is 4. The van der Waals surface area contributed by atoms with Gasteiger partial charge < -0.3 is 5.32 Å². The first kappa shape index (κ1) is 14.9. The largest absolute Gasteiger partial charge is 0.369 e. The number of aryl methyl sites for hydroxylation is 1. The quantitative estimate of drug-likeness (QED) is 0.911. The molecule has 1 N–H and O–H groups in total. The molecule has 0 saturated heterocycles. The summed E-state index contributed by atoms with van der Waals surface area (Å²) in [6.07, 6.45) is 3.61. The van der Waals surface area contributed by atoms with E-state index in [1.165, 1.54) is 0 Å².